The van der Waals surface area contributed by atoms with Crippen molar-refractivity contribution < 1.29 is 26.3 Å². The van der Waals surface area contributed by atoms with E-state index in [1.54, 1.807) is 6.07 Å². The summed E-state index contributed by atoms with van der Waals surface area (Å²) in [6, 6.07) is 10.3. The molecule has 190 valence electrons. The Balaban J connectivity index is 1.72. The number of aromatic nitrogens is 1. The van der Waals surface area contributed by atoms with E-state index in [0.29, 0.717) is 38.3 Å². The summed E-state index contributed by atoms with van der Waals surface area (Å²) >= 11 is 0. The molecule has 0 bridgehead atoms. The van der Waals surface area contributed by atoms with E-state index >= 15 is 0 Å². The number of aryl methyl sites for hydroxylation is 1. The smallest absolute Gasteiger partial charge is 0.406 e. The molecule has 0 aliphatic carbocycles. The van der Waals surface area contributed by atoms with Crippen LogP contribution in [0.1, 0.15) is 17.5 Å². The molecule has 2 heterocycles. The number of hydrogen-bond acceptors (Lipinski definition) is 6. The Labute approximate surface area is 202 Å². The van der Waals surface area contributed by atoms with E-state index in [4.69, 9.17) is 11.5 Å². The minimum Gasteiger partial charge on any atom is -0.406 e. The average molecular weight is 511 g/mol. The van der Waals surface area contributed by atoms with Crippen LogP contribution in [0.4, 0.5) is 13.2 Å². The summed E-state index contributed by atoms with van der Waals surface area (Å²) in [5.74, 6) is -0.000972. The van der Waals surface area contributed by atoms with E-state index in [1.165, 1.54) is 12.1 Å². The van der Waals surface area contributed by atoms with Crippen LogP contribution in [-0.2, 0) is 29.5 Å². The highest BCUT2D eigenvalue weighted by Crippen LogP contribution is 2.36. The monoisotopic (exact) mass is 510 g/mol. The van der Waals surface area contributed by atoms with Crippen LogP contribution in [-0.4, -0.2) is 55.4 Å². The van der Waals surface area contributed by atoms with Gasteiger partial charge in [0.05, 0.1) is 11.5 Å². The van der Waals surface area contributed by atoms with Crippen molar-refractivity contribution in [3.63, 3.8) is 0 Å². The fourth-order valence-electron chi connectivity index (χ4n) is 4.47. The lowest BCUT2D eigenvalue weighted by Crippen LogP contribution is -2.39. The van der Waals surface area contributed by atoms with E-state index in [0.717, 1.165) is 34.0 Å². The van der Waals surface area contributed by atoms with E-state index < -0.39 is 16.2 Å². The van der Waals surface area contributed by atoms with E-state index in [1.807, 2.05) is 18.3 Å². The molecule has 1 fully saturated rings. The number of sulfone groups is 1. The number of benzene rings is 2. The number of nitrogens with zero attached hydrogens (tertiary/aromatic N) is 2. The lowest BCUT2D eigenvalue weighted by atomic mass is 9.98. The number of hydrogen-bond donors (Lipinski definition) is 2. The third-order valence-electron chi connectivity index (χ3n) is 6.21. The standard InChI is InChI=1S/C24H29F3N4O3S/c25-24(26,27)34-19-3-4-20(18(13-19)14-29)22-16-31(7-1-6-28)23-5-2-17(12-21(22)23)15-30-8-10-35(32,33)11-9-30/h2-5,12-13,16H,1,6-11,14-15,28-29H2. The Bertz CT molecular complexity index is 1290. The molecule has 0 atom stereocenters. The zero-order valence-corrected chi connectivity index (χ0v) is 20.0. The molecule has 2 aromatic carbocycles. The van der Waals surface area contributed by atoms with Crippen LogP contribution < -0.4 is 16.2 Å². The van der Waals surface area contributed by atoms with Crippen molar-refractivity contribution in [2.75, 3.05) is 31.1 Å². The van der Waals surface area contributed by atoms with Gasteiger partial charge in [-0.2, -0.15) is 0 Å². The molecule has 1 aromatic heterocycles. The van der Waals surface area contributed by atoms with Crippen molar-refractivity contribution in [2.45, 2.75) is 32.4 Å². The molecule has 3 aromatic rings. The maximum Gasteiger partial charge on any atom is 0.573 e. The van der Waals surface area contributed by atoms with Gasteiger partial charge < -0.3 is 20.8 Å². The molecular formula is C24H29F3N4O3S. The largest absolute Gasteiger partial charge is 0.573 e. The molecule has 4 rings (SSSR count). The Morgan fingerprint density at radius 1 is 1.00 bits per heavy atom. The summed E-state index contributed by atoms with van der Waals surface area (Å²) < 4.78 is 67.8. The molecule has 0 radical (unpaired) electrons. The van der Waals surface area contributed by atoms with Crippen LogP contribution in [0.2, 0.25) is 0 Å². The van der Waals surface area contributed by atoms with Gasteiger partial charge in [-0.1, -0.05) is 12.1 Å². The van der Waals surface area contributed by atoms with Crippen LogP contribution in [0.5, 0.6) is 5.75 Å². The molecule has 0 spiro atoms. The van der Waals surface area contributed by atoms with Gasteiger partial charge in [0.25, 0.3) is 0 Å². The minimum atomic E-state index is -4.78. The van der Waals surface area contributed by atoms with Gasteiger partial charge >= 0.3 is 6.36 Å². The zero-order chi connectivity index (χ0) is 25.2. The maximum atomic E-state index is 12.7. The van der Waals surface area contributed by atoms with Gasteiger partial charge in [0.15, 0.2) is 9.84 Å². The fourth-order valence-corrected chi connectivity index (χ4v) is 5.75. The Morgan fingerprint density at radius 3 is 2.40 bits per heavy atom. The number of ether oxygens (including phenoxy) is 1. The number of rotatable bonds is 8. The predicted octanol–water partition coefficient (Wildman–Crippen LogP) is 3.24. The lowest BCUT2D eigenvalue weighted by Gasteiger charge is -2.26. The topological polar surface area (TPSA) is 104 Å². The molecule has 1 aliphatic heterocycles. The third kappa shape index (κ3) is 6.16. The molecule has 7 nitrogen and oxygen atoms in total. The van der Waals surface area contributed by atoms with Crippen molar-refractivity contribution in [1.82, 2.24) is 9.47 Å². The first-order valence-corrected chi connectivity index (χ1v) is 13.2. The predicted molar refractivity (Wildman–Crippen MR) is 130 cm³/mol. The quantitative estimate of drug-likeness (QED) is 0.482. The fraction of sp³-hybridized carbons (Fsp3) is 0.417. The van der Waals surface area contributed by atoms with Gasteiger partial charge in [-0.3, -0.25) is 4.90 Å². The number of halogens is 3. The third-order valence-corrected chi connectivity index (χ3v) is 7.82. The number of alkyl halides is 3. The van der Waals surface area contributed by atoms with Crippen LogP contribution >= 0.6 is 0 Å². The second kappa shape index (κ2) is 10.2. The summed E-state index contributed by atoms with van der Waals surface area (Å²) in [5, 5.41) is 0.948. The Morgan fingerprint density at radius 2 is 1.74 bits per heavy atom. The SMILES string of the molecule is NCCCn1cc(-c2ccc(OC(F)(F)F)cc2CN)c2cc(CN3CCS(=O)(=O)CC3)ccc21. The van der Waals surface area contributed by atoms with Crippen LogP contribution in [0.3, 0.4) is 0 Å². The second-order valence-electron chi connectivity index (χ2n) is 8.73. The van der Waals surface area contributed by atoms with Gasteiger partial charge in [-0.05, 0) is 53.9 Å². The first-order chi connectivity index (χ1) is 16.6. The molecule has 1 saturated heterocycles. The van der Waals surface area contributed by atoms with Crippen molar-refractivity contribution >= 4 is 20.7 Å². The number of nitrogens with two attached hydrogens (primary N) is 2. The summed E-state index contributed by atoms with van der Waals surface area (Å²) in [4.78, 5) is 2.11. The molecule has 1 aliphatic rings. The lowest BCUT2D eigenvalue weighted by molar-refractivity contribution is -0.274. The highest BCUT2D eigenvalue weighted by atomic mass is 32.2. The molecule has 0 unspecified atom stereocenters. The summed E-state index contributed by atoms with van der Waals surface area (Å²) in [5.41, 5.74) is 15.8. The highest BCUT2D eigenvalue weighted by Gasteiger charge is 2.31. The summed E-state index contributed by atoms with van der Waals surface area (Å²) in [6.45, 7) is 2.86. The first kappa shape index (κ1) is 25.5. The van der Waals surface area contributed by atoms with Crippen LogP contribution in [0.15, 0.2) is 42.6 Å². The number of fused-ring (bicyclic) bond motifs is 1. The molecule has 11 heteroatoms. The molecule has 0 amide bonds. The van der Waals surface area contributed by atoms with Crippen molar-refractivity contribution in [3.05, 3.63) is 53.7 Å². The van der Waals surface area contributed by atoms with Gasteiger partial charge in [0, 0.05) is 55.4 Å². The maximum absolute atomic E-state index is 12.7. The Hall–Kier alpha value is -2.60. The van der Waals surface area contributed by atoms with Crippen LogP contribution in [0, 0.1) is 0 Å². The van der Waals surface area contributed by atoms with E-state index in [9.17, 15) is 21.6 Å². The zero-order valence-electron chi connectivity index (χ0n) is 19.2. The Kier molecular flexibility index (Phi) is 7.41. The van der Waals surface area contributed by atoms with Crippen molar-refractivity contribution in [3.8, 4) is 16.9 Å². The van der Waals surface area contributed by atoms with Crippen molar-refractivity contribution in [1.29, 1.82) is 0 Å². The normalized spacial score (nSPS) is 16.6. The second-order valence-corrected chi connectivity index (χ2v) is 11.0. The minimum absolute atomic E-state index is 0.0435. The van der Waals surface area contributed by atoms with E-state index in [2.05, 4.69) is 20.3 Å². The van der Waals surface area contributed by atoms with Gasteiger partial charge in [-0.15, -0.1) is 13.2 Å². The highest BCUT2D eigenvalue weighted by molar-refractivity contribution is 7.91. The molecular weight excluding hydrogens is 481 g/mol. The first-order valence-electron chi connectivity index (χ1n) is 11.4. The molecule has 0 saturated carbocycles. The van der Waals surface area contributed by atoms with Gasteiger partial charge in [0.2, 0.25) is 0 Å². The molecule has 35 heavy (non-hydrogen) atoms. The summed E-state index contributed by atoms with van der Waals surface area (Å²) in [7, 11) is -2.96. The summed E-state index contributed by atoms with van der Waals surface area (Å²) in [6.07, 6.45) is -2.03. The van der Waals surface area contributed by atoms with Gasteiger partial charge in [-0.25, -0.2) is 8.42 Å². The van der Waals surface area contributed by atoms with E-state index in [-0.39, 0.29) is 23.8 Å². The van der Waals surface area contributed by atoms with Crippen LogP contribution in [0.25, 0.3) is 22.0 Å². The van der Waals surface area contributed by atoms with Gasteiger partial charge in [0.1, 0.15) is 5.75 Å². The van der Waals surface area contributed by atoms with Crippen molar-refractivity contribution in [2.24, 2.45) is 11.5 Å². The average Bonchev–Trinajstić information content (AvgIpc) is 3.15. The molecule has 4 N–H and O–H groups in total.